The molecule has 2 aromatic carbocycles. The van der Waals surface area contributed by atoms with Crippen molar-refractivity contribution in [2.75, 3.05) is 17.6 Å². The Balaban J connectivity index is 1.91. The summed E-state index contributed by atoms with van der Waals surface area (Å²) in [6, 6.07) is 11.3. The topological polar surface area (TPSA) is 98.8 Å². The number of benzene rings is 2. The molecule has 0 spiro atoms. The molecule has 0 heterocycles. The Kier molecular flexibility index (Phi) is 6.51. The van der Waals surface area contributed by atoms with E-state index in [4.69, 9.17) is 9.47 Å². The number of anilines is 1. The van der Waals surface area contributed by atoms with Crippen molar-refractivity contribution in [2.45, 2.75) is 13.0 Å². The molecule has 0 aliphatic rings. The molecule has 7 nitrogen and oxygen atoms in total. The number of halogens is 1. The predicted molar refractivity (Wildman–Crippen MR) is 96.7 cm³/mol. The quantitative estimate of drug-likeness (QED) is 0.544. The van der Waals surface area contributed by atoms with Gasteiger partial charge in [0, 0.05) is 11.3 Å². The van der Waals surface area contributed by atoms with Gasteiger partial charge in [-0.2, -0.15) is 0 Å². The summed E-state index contributed by atoms with van der Waals surface area (Å²) in [5.74, 6) is -2.01. The zero-order valence-corrected chi connectivity index (χ0v) is 15.5. The fourth-order valence-electron chi connectivity index (χ4n) is 2.13. The fourth-order valence-corrected chi connectivity index (χ4v) is 2.70. The number of carbonyl (C=O) groups is 2. The highest BCUT2D eigenvalue weighted by atomic mass is 32.2. The van der Waals surface area contributed by atoms with E-state index in [2.05, 4.69) is 4.72 Å². The number of nitrogens with one attached hydrogen (secondary N) is 1. The number of Topliss-reactive ketones (excluding diaryl/α,β-unsaturated/α-hetero) is 1. The first-order valence-corrected chi connectivity index (χ1v) is 9.74. The Morgan fingerprint density at radius 3 is 2.33 bits per heavy atom. The molecule has 1 N–H and O–H groups in total. The average Bonchev–Trinajstić information content (AvgIpc) is 2.59. The SMILES string of the molecule is C[C@@H](OC(=O)COc1ccccc1F)C(=O)c1ccc(NS(C)(=O)=O)cc1. The molecule has 0 aromatic heterocycles. The number of esters is 1. The van der Waals surface area contributed by atoms with Gasteiger partial charge in [-0.3, -0.25) is 9.52 Å². The lowest BCUT2D eigenvalue weighted by Gasteiger charge is -2.13. The van der Waals surface area contributed by atoms with E-state index in [1.807, 2.05) is 0 Å². The smallest absolute Gasteiger partial charge is 0.344 e. The van der Waals surface area contributed by atoms with Crippen molar-refractivity contribution in [3.05, 3.63) is 59.9 Å². The third-order valence-corrected chi connectivity index (χ3v) is 3.94. The highest BCUT2D eigenvalue weighted by Crippen LogP contribution is 2.16. The van der Waals surface area contributed by atoms with Gasteiger partial charge in [-0.05, 0) is 43.3 Å². The van der Waals surface area contributed by atoms with Crippen LogP contribution in [0.2, 0.25) is 0 Å². The van der Waals surface area contributed by atoms with Crippen molar-refractivity contribution in [1.29, 1.82) is 0 Å². The summed E-state index contributed by atoms with van der Waals surface area (Å²) in [7, 11) is -3.42. The molecule has 0 bridgehead atoms. The van der Waals surface area contributed by atoms with Crippen molar-refractivity contribution < 1.29 is 31.9 Å². The summed E-state index contributed by atoms with van der Waals surface area (Å²) in [5.41, 5.74) is 0.543. The third-order valence-electron chi connectivity index (χ3n) is 3.33. The second-order valence-electron chi connectivity index (χ2n) is 5.67. The third kappa shape index (κ3) is 6.37. The second kappa shape index (κ2) is 8.63. The van der Waals surface area contributed by atoms with Crippen LogP contribution in [0.1, 0.15) is 17.3 Å². The fraction of sp³-hybridized carbons (Fsp3) is 0.222. The summed E-state index contributed by atoms with van der Waals surface area (Å²) in [4.78, 5) is 24.1. The normalized spacial score (nSPS) is 12.1. The van der Waals surface area contributed by atoms with E-state index >= 15 is 0 Å². The molecule has 0 fully saturated rings. The minimum absolute atomic E-state index is 0.0950. The molecule has 0 saturated heterocycles. The molecular weight excluding hydrogens is 377 g/mol. The van der Waals surface area contributed by atoms with Gasteiger partial charge in [-0.15, -0.1) is 0 Å². The van der Waals surface area contributed by atoms with E-state index in [0.717, 1.165) is 6.26 Å². The van der Waals surface area contributed by atoms with Crippen LogP contribution in [-0.4, -0.2) is 39.1 Å². The van der Waals surface area contributed by atoms with Gasteiger partial charge in [0.1, 0.15) is 0 Å². The largest absolute Gasteiger partial charge is 0.479 e. The van der Waals surface area contributed by atoms with Crippen molar-refractivity contribution in [1.82, 2.24) is 0 Å². The maximum atomic E-state index is 13.4. The Hall–Kier alpha value is -2.94. The number of carbonyl (C=O) groups excluding carboxylic acids is 2. The molecule has 0 aliphatic carbocycles. The minimum Gasteiger partial charge on any atom is -0.479 e. The Labute approximate surface area is 156 Å². The van der Waals surface area contributed by atoms with Crippen LogP contribution in [0.5, 0.6) is 5.75 Å². The van der Waals surface area contributed by atoms with Crippen LogP contribution in [0.15, 0.2) is 48.5 Å². The maximum absolute atomic E-state index is 13.4. The molecule has 144 valence electrons. The van der Waals surface area contributed by atoms with E-state index in [0.29, 0.717) is 5.69 Å². The average molecular weight is 395 g/mol. The molecule has 0 unspecified atom stereocenters. The van der Waals surface area contributed by atoms with Crippen molar-refractivity contribution in [3.8, 4) is 5.75 Å². The van der Waals surface area contributed by atoms with Crippen molar-refractivity contribution in [3.63, 3.8) is 0 Å². The summed E-state index contributed by atoms with van der Waals surface area (Å²) >= 11 is 0. The van der Waals surface area contributed by atoms with Crippen LogP contribution in [0.25, 0.3) is 0 Å². The highest BCUT2D eigenvalue weighted by Gasteiger charge is 2.20. The molecule has 0 radical (unpaired) electrons. The number of para-hydroxylation sites is 1. The van der Waals surface area contributed by atoms with E-state index in [-0.39, 0.29) is 11.3 Å². The van der Waals surface area contributed by atoms with Crippen LogP contribution < -0.4 is 9.46 Å². The first-order chi connectivity index (χ1) is 12.7. The maximum Gasteiger partial charge on any atom is 0.344 e. The van der Waals surface area contributed by atoms with Gasteiger partial charge >= 0.3 is 5.97 Å². The molecule has 2 rings (SSSR count). The lowest BCUT2D eigenvalue weighted by molar-refractivity contribution is -0.148. The molecular formula is C18H18FNO6S. The Bertz CT molecular complexity index is 927. The van der Waals surface area contributed by atoms with Gasteiger partial charge in [0.2, 0.25) is 15.8 Å². The van der Waals surface area contributed by atoms with Gasteiger partial charge in [0.05, 0.1) is 6.26 Å². The first-order valence-electron chi connectivity index (χ1n) is 7.84. The van der Waals surface area contributed by atoms with Crippen LogP contribution in [0.4, 0.5) is 10.1 Å². The zero-order chi connectivity index (χ0) is 20.0. The number of ether oxygens (including phenoxy) is 2. The van der Waals surface area contributed by atoms with Gasteiger partial charge in [0.25, 0.3) is 0 Å². The Morgan fingerprint density at radius 1 is 1.11 bits per heavy atom. The van der Waals surface area contributed by atoms with Gasteiger partial charge in [-0.1, -0.05) is 12.1 Å². The Morgan fingerprint density at radius 2 is 1.74 bits per heavy atom. The number of ketones is 1. The summed E-state index contributed by atoms with van der Waals surface area (Å²) in [6.07, 6.45) is -0.0767. The number of hydrogen-bond donors (Lipinski definition) is 1. The molecule has 9 heteroatoms. The molecule has 0 saturated carbocycles. The minimum atomic E-state index is -3.42. The number of sulfonamides is 1. The van der Waals surface area contributed by atoms with E-state index in [1.165, 1.54) is 49.4 Å². The van der Waals surface area contributed by atoms with Gasteiger partial charge < -0.3 is 9.47 Å². The van der Waals surface area contributed by atoms with Crippen molar-refractivity contribution >= 4 is 27.5 Å². The van der Waals surface area contributed by atoms with E-state index < -0.39 is 40.3 Å². The van der Waals surface area contributed by atoms with Gasteiger partial charge in [-0.25, -0.2) is 17.6 Å². The number of rotatable bonds is 8. The highest BCUT2D eigenvalue weighted by molar-refractivity contribution is 7.92. The lowest BCUT2D eigenvalue weighted by atomic mass is 10.1. The van der Waals surface area contributed by atoms with E-state index in [9.17, 15) is 22.4 Å². The lowest BCUT2D eigenvalue weighted by Crippen LogP contribution is -2.27. The number of hydrogen-bond acceptors (Lipinski definition) is 6. The predicted octanol–water partition coefficient (Wildman–Crippen LogP) is 2.39. The first kappa shape index (κ1) is 20.4. The molecule has 2 aromatic rings. The summed E-state index contributed by atoms with van der Waals surface area (Å²) in [6.45, 7) is 0.849. The summed E-state index contributed by atoms with van der Waals surface area (Å²) in [5, 5.41) is 0. The van der Waals surface area contributed by atoms with Crippen LogP contribution >= 0.6 is 0 Å². The summed E-state index contributed by atoms with van der Waals surface area (Å²) < 4.78 is 48.0. The monoisotopic (exact) mass is 395 g/mol. The zero-order valence-electron chi connectivity index (χ0n) is 14.6. The van der Waals surface area contributed by atoms with Crippen LogP contribution in [-0.2, 0) is 19.6 Å². The molecule has 1 atom stereocenters. The van der Waals surface area contributed by atoms with Crippen LogP contribution in [0.3, 0.4) is 0 Å². The molecule has 27 heavy (non-hydrogen) atoms. The van der Waals surface area contributed by atoms with Gasteiger partial charge in [0.15, 0.2) is 24.3 Å². The van der Waals surface area contributed by atoms with Crippen molar-refractivity contribution in [2.24, 2.45) is 0 Å². The molecule has 0 aliphatic heterocycles. The second-order valence-corrected chi connectivity index (χ2v) is 7.42. The van der Waals surface area contributed by atoms with E-state index in [1.54, 1.807) is 6.07 Å². The molecule has 0 amide bonds. The van der Waals surface area contributed by atoms with Crippen LogP contribution in [0, 0.1) is 5.82 Å². The standard InChI is InChI=1S/C18H18FNO6S/c1-12(26-17(21)11-25-16-6-4-3-5-15(16)19)18(22)13-7-9-14(10-8-13)20-27(2,23)24/h3-10,12,20H,11H2,1-2H3/t12-/m1/s1.